The Morgan fingerprint density at radius 2 is 2.41 bits per heavy atom. The Morgan fingerprint density at radius 1 is 1.47 bits per heavy atom. The zero-order valence-electron chi connectivity index (χ0n) is 9.17. The zero-order valence-corrected chi connectivity index (χ0v) is 9.17. The lowest BCUT2D eigenvalue weighted by Crippen LogP contribution is -1.82. The van der Waals surface area contributed by atoms with E-state index in [1.165, 1.54) is 0 Å². The molecule has 0 aromatic carbocycles. The number of nitrogens with one attached hydrogen (secondary N) is 1. The molecule has 3 rings (SSSR count). The second kappa shape index (κ2) is 3.99. The van der Waals surface area contributed by atoms with E-state index in [1.807, 2.05) is 12.1 Å². The summed E-state index contributed by atoms with van der Waals surface area (Å²) in [6.07, 6.45) is 1.70. The lowest BCUT2D eigenvalue weighted by atomic mass is 10.3. The highest BCUT2D eigenvalue weighted by molar-refractivity contribution is 5.74. The topological polar surface area (TPSA) is 76.8 Å². The van der Waals surface area contributed by atoms with E-state index in [9.17, 15) is 0 Å². The standard InChI is InChI=1S/C11H10N4O2/c1-16-6-7-5-9(15-17-7)11-13-8-3-2-4-12-10(8)14-11/h2-5H,6H2,1H3,(H,12,13,14). The van der Waals surface area contributed by atoms with E-state index in [0.29, 0.717) is 29.5 Å². The van der Waals surface area contributed by atoms with Gasteiger partial charge in [-0.25, -0.2) is 9.97 Å². The van der Waals surface area contributed by atoms with Crippen molar-refractivity contribution in [1.29, 1.82) is 0 Å². The predicted molar refractivity (Wildman–Crippen MR) is 60.1 cm³/mol. The first-order chi connectivity index (χ1) is 8.36. The molecule has 6 nitrogen and oxygen atoms in total. The maximum Gasteiger partial charge on any atom is 0.178 e. The van der Waals surface area contributed by atoms with Gasteiger partial charge in [-0.05, 0) is 12.1 Å². The number of imidazole rings is 1. The number of aromatic nitrogens is 4. The minimum absolute atomic E-state index is 0.394. The number of fused-ring (bicyclic) bond motifs is 1. The van der Waals surface area contributed by atoms with Crippen molar-refractivity contribution >= 4 is 11.2 Å². The number of H-pyrrole nitrogens is 1. The Kier molecular flexibility index (Phi) is 2.34. The van der Waals surface area contributed by atoms with Gasteiger partial charge in [0.25, 0.3) is 0 Å². The van der Waals surface area contributed by atoms with E-state index in [4.69, 9.17) is 9.26 Å². The van der Waals surface area contributed by atoms with E-state index in [0.717, 1.165) is 5.52 Å². The summed E-state index contributed by atoms with van der Waals surface area (Å²) in [6, 6.07) is 5.56. The van der Waals surface area contributed by atoms with E-state index >= 15 is 0 Å². The summed E-state index contributed by atoms with van der Waals surface area (Å²) in [5, 5.41) is 3.92. The molecular formula is C11H10N4O2. The maximum absolute atomic E-state index is 5.10. The number of hydrogen-bond acceptors (Lipinski definition) is 5. The summed E-state index contributed by atoms with van der Waals surface area (Å²) in [7, 11) is 1.60. The maximum atomic E-state index is 5.10. The van der Waals surface area contributed by atoms with Crippen LogP contribution in [0, 0.1) is 0 Å². The van der Waals surface area contributed by atoms with Crippen LogP contribution in [0.3, 0.4) is 0 Å². The van der Waals surface area contributed by atoms with Gasteiger partial charge in [0, 0.05) is 19.4 Å². The first-order valence-electron chi connectivity index (χ1n) is 5.12. The van der Waals surface area contributed by atoms with E-state index < -0.39 is 0 Å². The van der Waals surface area contributed by atoms with Crippen LogP contribution in [0.25, 0.3) is 22.7 Å². The van der Waals surface area contributed by atoms with Crippen molar-refractivity contribution in [3.63, 3.8) is 0 Å². The summed E-state index contributed by atoms with van der Waals surface area (Å²) >= 11 is 0. The quantitative estimate of drug-likeness (QED) is 0.741. The van der Waals surface area contributed by atoms with Gasteiger partial charge in [-0.1, -0.05) is 5.16 Å². The lowest BCUT2D eigenvalue weighted by molar-refractivity contribution is 0.156. The highest BCUT2D eigenvalue weighted by atomic mass is 16.5. The SMILES string of the molecule is COCc1cc(-c2nc3ncccc3[nH]2)no1. The summed E-state index contributed by atoms with van der Waals surface area (Å²) < 4.78 is 10.1. The fourth-order valence-corrected chi connectivity index (χ4v) is 1.60. The smallest absolute Gasteiger partial charge is 0.178 e. The zero-order chi connectivity index (χ0) is 11.7. The lowest BCUT2D eigenvalue weighted by Gasteiger charge is -1.87. The Labute approximate surface area is 96.6 Å². The fraction of sp³-hybridized carbons (Fsp3) is 0.182. The van der Waals surface area contributed by atoms with Crippen LogP contribution in [0.4, 0.5) is 0 Å². The van der Waals surface area contributed by atoms with Crippen molar-refractivity contribution in [1.82, 2.24) is 20.1 Å². The van der Waals surface area contributed by atoms with Crippen LogP contribution < -0.4 is 0 Å². The van der Waals surface area contributed by atoms with Gasteiger partial charge < -0.3 is 14.2 Å². The summed E-state index contributed by atoms with van der Waals surface area (Å²) in [5.74, 6) is 1.31. The Hall–Kier alpha value is -2.21. The molecule has 0 fully saturated rings. The predicted octanol–water partition coefficient (Wildman–Crippen LogP) is 1.76. The first kappa shape index (κ1) is 9.98. The van der Waals surface area contributed by atoms with Crippen LogP contribution in [0.5, 0.6) is 0 Å². The van der Waals surface area contributed by atoms with Gasteiger partial charge in [0.1, 0.15) is 12.3 Å². The minimum Gasteiger partial charge on any atom is -0.377 e. The largest absolute Gasteiger partial charge is 0.377 e. The molecule has 0 bridgehead atoms. The molecule has 3 aromatic rings. The molecule has 17 heavy (non-hydrogen) atoms. The third-order valence-electron chi connectivity index (χ3n) is 2.35. The number of pyridine rings is 1. The van der Waals surface area contributed by atoms with Crippen molar-refractivity contribution in [3.8, 4) is 11.5 Å². The molecule has 0 spiro atoms. The molecule has 0 saturated carbocycles. The number of rotatable bonds is 3. The molecular weight excluding hydrogens is 220 g/mol. The molecule has 0 radical (unpaired) electrons. The van der Waals surface area contributed by atoms with Crippen LogP contribution >= 0.6 is 0 Å². The highest BCUT2D eigenvalue weighted by Crippen LogP contribution is 2.19. The molecule has 0 saturated heterocycles. The van der Waals surface area contributed by atoms with Gasteiger partial charge in [-0.2, -0.15) is 0 Å². The number of aromatic amines is 1. The summed E-state index contributed by atoms with van der Waals surface area (Å²) in [6.45, 7) is 0.394. The number of ether oxygens (including phenoxy) is 1. The highest BCUT2D eigenvalue weighted by Gasteiger charge is 2.10. The third kappa shape index (κ3) is 1.78. The molecule has 86 valence electrons. The Balaban J connectivity index is 2.01. The van der Waals surface area contributed by atoms with Gasteiger partial charge >= 0.3 is 0 Å². The Morgan fingerprint density at radius 3 is 3.24 bits per heavy atom. The van der Waals surface area contributed by atoms with E-state index in [2.05, 4.69) is 20.1 Å². The normalized spacial score (nSPS) is 11.1. The fourth-order valence-electron chi connectivity index (χ4n) is 1.60. The molecule has 0 aliphatic rings. The van der Waals surface area contributed by atoms with Crippen molar-refractivity contribution in [2.75, 3.05) is 7.11 Å². The first-order valence-corrected chi connectivity index (χ1v) is 5.12. The molecule has 0 unspecified atom stereocenters. The van der Waals surface area contributed by atoms with Crippen molar-refractivity contribution < 1.29 is 9.26 Å². The average molecular weight is 230 g/mol. The molecule has 0 aliphatic carbocycles. The van der Waals surface area contributed by atoms with Gasteiger partial charge in [-0.3, -0.25) is 0 Å². The monoisotopic (exact) mass is 230 g/mol. The van der Waals surface area contributed by atoms with Gasteiger partial charge in [0.05, 0.1) is 5.52 Å². The molecule has 3 heterocycles. The van der Waals surface area contributed by atoms with Gasteiger partial charge in [0.15, 0.2) is 17.2 Å². The third-order valence-corrected chi connectivity index (χ3v) is 2.35. The number of methoxy groups -OCH3 is 1. The second-order valence-corrected chi connectivity index (χ2v) is 3.57. The van der Waals surface area contributed by atoms with Crippen molar-refractivity contribution in [2.24, 2.45) is 0 Å². The molecule has 3 aromatic heterocycles. The molecule has 0 amide bonds. The minimum atomic E-state index is 0.394. The van der Waals surface area contributed by atoms with Crippen molar-refractivity contribution in [2.45, 2.75) is 6.61 Å². The van der Waals surface area contributed by atoms with Crippen LogP contribution in [-0.2, 0) is 11.3 Å². The second-order valence-electron chi connectivity index (χ2n) is 3.57. The van der Waals surface area contributed by atoms with Crippen LogP contribution in [0.15, 0.2) is 28.9 Å². The number of nitrogens with zero attached hydrogens (tertiary/aromatic N) is 3. The van der Waals surface area contributed by atoms with Crippen LogP contribution in [-0.4, -0.2) is 27.2 Å². The molecule has 6 heteroatoms. The van der Waals surface area contributed by atoms with Crippen LogP contribution in [0.1, 0.15) is 5.76 Å². The summed E-state index contributed by atoms with van der Waals surface area (Å²) in [4.78, 5) is 11.6. The molecule has 1 N–H and O–H groups in total. The van der Waals surface area contributed by atoms with Gasteiger partial charge in [0.2, 0.25) is 0 Å². The van der Waals surface area contributed by atoms with Gasteiger partial charge in [-0.15, -0.1) is 0 Å². The molecule has 0 aliphatic heterocycles. The summed E-state index contributed by atoms with van der Waals surface area (Å²) in [5.41, 5.74) is 2.19. The molecule has 0 atom stereocenters. The Bertz CT molecular complexity index is 611. The number of hydrogen-bond donors (Lipinski definition) is 1. The van der Waals surface area contributed by atoms with E-state index in [1.54, 1.807) is 19.4 Å². The van der Waals surface area contributed by atoms with E-state index in [-0.39, 0.29) is 0 Å². The van der Waals surface area contributed by atoms with Crippen molar-refractivity contribution in [3.05, 3.63) is 30.2 Å². The van der Waals surface area contributed by atoms with Crippen LogP contribution in [0.2, 0.25) is 0 Å². The average Bonchev–Trinajstić information content (AvgIpc) is 2.94.